The second kappa shape index (κ2) is 7.39. The molecule has 1 aromatic carbocycles. The predicted octanol–water partition coefficient (Wildman–Crippen LogP) is 4.22. The van der Waals surface area contributed by atoms with Gasteiger partial charge in [0.2, 0.25) is 5.60 Å². The summed E-state index contributed by atoms with van der Waals surface area (Å²) in [6, 6.07) is 7.81. The van der Waals surface area contributed by atoms with Crippen molar-refractivity contribution in [2.45, 2.75) is 77.4 Å². The number of hydrogen-bond donors (Lipinski definition) is 2. The largest absolute Gasteiger partial charge is 0.490 e. The number of aliphatic hydroxyl groups is 1. The number of hydrogen-bond acceptors (Lipinski definition) is 5. The highest BCUT2D eigenvalue weighted by Crippen LogP contribution is 2.69. The van der Waals surface area contributed by atoms with Gasteiger partial charge in [-0.1, -0.05) is 57.6 Å². The van der Waals surface area contributed by atoms with Crippen LogP contribution in [0.15, 0.2) is 48.6 Å². The molecule has 4 bridgehead atoms. The first kappa shape index (κ1) is 24.6. The van der Waals surface area contributed by atoms with Crippen molar-refractivity contribution < 1.29 is 24.2 Å². The van der Waals surface area contributed by atoms with E-state index in [2.05, 4.69) is 52.6 Å². The summed E-state index contributed by atoms with van der Waals surface area (Å²) in [5.74, 6) is 0.686. The molecule has 0 radical (unpaired) electrons. The van der Waals surface area contributed by atoms with Crippen LogP contribution in [-0.4, -0.2) is 40.3 Å². The molecule has 3 aliphatic carbocycles. The van der Waals surface area contributed by atoms with E-state index >= 15 is 0 Å². The molecule has 8 rings (SSSR count). The van der Waals surface area contributed by atoms with E-state index < -0.39 is 34.7 Å². The maximum atomic E-state index is 14.8. The number of benzene rings is 1. The number of ether oxygens (including phenoxy) is 2. The fourth-order valence-corrected chi connectivity index (χ4v) is 10.3. The number of amides is 1. The minimum Gasteiger partial charge on any atom is -0.490 e. The molecule has 2 unspecified atom stereocenters. The fraction of sp³-hybridized carbons (Fsp3) is 0.625. The first-order valence-electron chi connectivity index (χ1n) is 14.2. The summed E-state index contributed by atoms with van der Waals surface area (Å²) in [4.78, 5) is 28.3. The Bertz CT molecular complexity index is 1290. The molecule has 2 N–H and O–H groups in total. The lowest BCUT2D eigenvalue weighted by Crippen LogP contribution is -2.54. The monoisotopic (exact) mass is 517 g/mol. The Balaban J connectivity index is 1.48. The van der Waals surface area contributed by atoms with Crippen molar-refractivity contribution >= 4 is 11.7 Å². The second-order valence-electron chi connectivity index (χ2n) is 13.9. The Morgan fingerprint density at radius 3 is 2.50 bits per heavy atom. The van der Waals surface area contributed by atoms with E-state index in [-0.39, 0.29) is 41.5 Å². The average molecular weight is 518 g/mol. The maximum Gasteiger partial charge on any atom is 0.265 e. The van der Waals surface area contributed by atoms with Gasteiger partial charge in [-0.2, -0.15) is 0 Å². The summed E-state index contributed by atoms with van der Waals surface area (Å²) in [5, 5.41) is 14.3. The molecule has 4 aliphatic heterocycles. The van der Waals surface area contributed by atoms with Crippen molar-refractivity contribution in [2.24, 2.45) is 46.3 Å². The Hall–Kier alpha value is -2.44. The van der Waals surface area contributed by atoms with Gasteiger partial charge in [-0.3, -0.25) is 9.59 Å². The van der Waals surface area contributed by atoms with Crippen LogP contribution >= 0.6 is 0 Å². The van der Waals surface area contributed by atoms with Crippen LogP contribution in [0.1, 0.15) is 53.0 Å². The minimum atomic E-state index is -1.67. The van der Waals surface area contributed by atoms with Crippen LogP contribution in [0.3, 0.4) is 0 Å². The molecule has 0 aromatic heterocycles. The third kappa shape index (κ3) is 2.86. The molecule has 2 saturated heterocycles. The third-order valence-corrected chi connectivity index (χ3v) is 11.3. The van der Waals surface area contributed by atoms with Crippen LogP contribution in [0.4, 0.5) is 0 Å². The molecule has 1 amide bonds. The van der Waals surface area contributed by atoms with Gasteiger partial charge in [0.05, 0.1) is 0 Å². The lowest BCUT2D eigenvalue weighted by molar-refractivity contribution is -0.144. The van der Waals surface area contributed by atoms with Crippen molar-refractivity contribution in [1.82, 2.24) is 5.32 Å². The van der Waals surface area contributed by atoms with Crippen LogP contribution in [-0.2, 0) is 20.7 Å². The van der Waals surface area contributed by atoms with Gasteiger partial charge in [-0.15, -0.1) is 6.58 Å². The Morgan fingerprint density at radius 2 is 1.84 bits per heavy atom. The van der Waals surface area contributed by atoms with E-state index in [1.54, 1.807) is 0 Å². The summed E-state index contributed by atoms with van der Waals surface area (Å²) in [6.45, 7) is 15.5. The minimum absolute atomic E-state index is 0.0504. The van der Waals surface area contributed by atoms with E-state index in [0.717, 1.165) is 24.2 Å². The third-order valence-electron chi connectivity index (χ3n) is 11.3. The molecule has 0 spiro atoms. The number of allylic oxidation sites excluding steroid dienone is 3. The molecule has 1 aromatic rings. The van der Waals surface area contributed by atoms with Crippen LogP contribution in [0.25, 0.3) is 0 Å². The van der Waals surface area contributed by atoms with Gasteiger partial charge in [-0.25, -0.2) is 0 Å². The topological polar surface area (TPSA) is 88.2 Å². The number of nitrogens with one attached hydrogen (secondary N) is 1. The zero-order valence-electron chi connectivity index (χ0n) is 23.0. The number of morpholine rings is 1. The van der Waals surface area contributed by atoms with Crippen molar-refractivity contribution in [3.05, 3.63) is 54.1 Å². The van der Waals surface area contributed by atoms with Gasteiger partial charge in [0.15, 0.2) is 17.6 Å². The quantitative estimate of drug-likeness (QED) is 0.331. The Labute approximate surface area is 224 Å². The number of rotatable bonds is 1. The predicted molar refractivity (Wildman–Crippen MR) is 142 cm³/mol. The molecule has 7 aliphatic rings. The SMILES string of the molecule is C=C[C@@]1(C)C=C(C)[C@@H]2[C@@H]3[C@H](Oc4ccc(cc4)C[C@]4(O)NC(=O)C5(OC54)C(=O)[C@H]31)[C@@H]1[C@@H](C)C[C@@H](C)C[C@]12C. The number of Topliss-reactive ketones (excluding diaryl/α,β-unsaturated/α-hetero) is 1. The summed E-state index contributed by atoms with van der Waals surface area (Å²) in [7, 11) is 0. The highest BCUT2D eigenvalue weighted by atomic mass is 16.6. The molecule has 2 saturated carbocycles. The first-order chi connectivity index (χ1) is 17.9. The maximum absolute atomic E-state index is 14.8. The van der Waals surface area contributed by atoms with Crippen molar-refractivity contribution in [1.29, 1.82) is 0 Å². The molecule has 4 heterocycles. The van der Waals surface area contributed by atoms with Crippen LogP contribution in [0, 0.1) is 46.3 Å². The standard InChI is InChI=1S/C32H39NO5/c1-7-29(5)14-18(4)22-21-24(29)26(34)32-27(38-32)31(36,33-28(32)35)15-19-8-10-20(11-9-19)37-25(21)23-17(3)12-16(2)13-30(22,23)6/h7-11,14,16-17,21-25,27,36H,1,12-13,15H2,2-6H3,(H,33,35)/t16-,17+,21+,22-,23+,24+,25+,27?,29+,30+,31-,32?/m1/s1. The highest BCUT2D eigenvalue weighted by Gasteiger charge is 2.82. The van der Waals surface area contributed by atoms with Gasteiger partial charge < -0.3 is 19.9 Å². The lowest BCUT2D eigenvalue weighted by atomic mass is 9.53. The molecule has 38 heavy (non-hydrogen) atoms. The molecule has 202 valence electrons. The van der Waals surface area contributed by atoms with Gasteiger partial charge in [-0.05, 0) is 60.6 Å². The summed E-state index contributed by atoms with van der Waals surface area (Å²) >= 11 is 0. The highest BCUT2D eigenvalue weighted by molar-refractivity contribution is 6.16. The van der Waals surface area contributed by atoms with Gasteiger partial charge in [0.1, 0.15) is 11.9 Å². The number of carbonyl (C=O) groups excluding carboxylic acids is 2. The summed E-state index contributed by atoms with van der Waals surface area (Å²) in [5.41, 5.74) is -1.91. The van der Waals surface area contributed by atoms with E-state index in [0.29, 0.717) is 11.8 Å². The van der Waals surface area contributed by atoms with E-state index in [1.165, 1.54) is 5.57 Å². The molecule has 12 atom stereocenters. The Morgan fingerprint density at radius 1 is 1.13 bits per heavy atom. The number of ketones is 1. The molecule has 6 nitrogen and oxygen atoms in total. The van der Waals surface area contributed by atoms with E-state index in [1.807, 2.05) is 30.3 Å². The fourth-order valence-electron chi connectivity index (χ4n) is 10.3. The lowest BCUT2D eigenvalue weighted by Gasteiger charge is -2.50. The van der Waals surface area contributed by atoms with Gasteiger partial charge >= 0.3 is 0 Å². The summed E-state index contributed by atoms with van der Waals surface area (Å²) < 4.78 is 13.0. The number of carbonyl (C=O) groups is 2. The Kier molecular flexibility index (Phi) is 4.78. The molecular formula is C32H39NO5. The van der Waals surface area contributed by atoms with Gasteiger partial charge in [0.25, 0.3) is 5.91 Å². The average Bonchev–Trinajstić information content (AvgIpc) is 3.50. The molecule has 4 fully saturated rings. The first-order valence-corrected chi connectivity index (χ1v) is 14.2. The van der Waals surface area contributed by atoms with Crippen molar-refractivity contribution in [3.8, 4) is 5.75 Å². The number of epoxide rings is 1. The smallest absolute Gasteiger partial charge is 0.265 e. The van der Waals surface area contributed by atoms with Crippen molar-refractivity contribution in [2.75, 3.05) is 0 Å². The van der Waals surface area contributed by atoms with Gasteiger partial charge in [0, 0.05) is 29.6 Å². The number of fused-ring (bicyclic) bond motifs is 4. The summed E-state index contributed by atoms with van der Waals surface area (Å²) in [6.07, 6.45) is 5.33. The zero-order chi connectivity index (χ0) is 27.0. The van der Waals surface area contributed by atoms with E-state index in [4.69, 9.17) is 9.47 Å². The second-order valence-corrected chi connectivity index (χ2v) is 13.9. The van der Waals surface area contributed by atoms with Crippen LogP contribution in [0.5, 0.6) is 5.75 Å². The van der Waals surface area contributed by atoms with Crippen LogP contribution < -0.4 is 10.1 Å². The molecular weight excluding hydrogens is 478 g/mol. The molecule has 6 heteroatoms. The normalized spacial score (nSPS) is 52.2. The van der Waals surface area contributed by atoms with E-state index in [9.17, 15) is 14.7 Å². The zero-order valence-corrected chi connectivity index (χ0v) is 23.0. The van der Waals surface area contributed by atoms with Crippen LogP contribution in [0.2, 0.25) is 0 Å². The van der Waals surface area contributed by atoms with Crippen molar-refractivity contribution in [3.63, 3.8) is 0 Å².